The zero-order valence-electron chi connectivity index (χ0n) is 12.3. The van der Waals surface area contributed by atoms with Crippen molar-refractivity contribution in [2.24, 2.45) is 23.2 Å². The van der Waals surface area contributed by atoms with Crippen LogP contribution < -0.4 is 0 Å². The Hall–Kier alpha value is 0. The van der Waals surface area contributed by atoms with Gasteiger partial charge in [0.05, 0.1) is 0 Å². The molecule has 0 saturated heterocycles. The van der Waals surface area contributed by atoms with E-state index in [4.69, 9.17) is 0 Å². The van der Waals surface area contributed by atoms with Crippen LogP contribution in [0.4, 0.5) is 0 Å². The zero-order valence-corrected chi connectivity index (χ0v) is 12.3. The van der Waals surface area contributed by atoms with Crippen molar-refractivity contribution in [3.8, 4) is 0 Å². The van der Waals surface area contributed by atoms with Crippen molar-refractivity contribution < 1.29 is 0 Å². The highest BCUT2D eigenvalue weighted by molar-refractivity contribution is 4.89. The normalized spacial score (nSPS) is 32.6. The molecule has 0 amide bonds. The number of hydrogen-bond donors (Lipinski definition) is 0. The number of hydrogen-bond acceptors (Lipinski definition) is 0. The first-order chi connectivity index (χ1) is 8.14. The first-order valence-electron chi connectivity index (χ1n) is 8.14. The summed E-state index contributed by atoms with van der Waals surface area (Å²) in [6.45, 7) is 7.57. The molecular formula is C17H32. The Morgan fingerprint density at radius 3 is 2.12 bits per heavy atom. The minimum Gasteiger partial charge on any atom is -0.0651 e. The lowest BCUT2D eigenvalue weighted by atomic mass is 9.59. The van der Waals surface area contributed by atoms with Crippen LogP contribution in [-0.2, 0) is 0 Å². The Kier molecular flexibility index (Phi) is 4.55. The molecule has 0 aromatic rings. The summed E-state index contributed by atoms with van der Waals surface area (Å²) in [5.41, 5.74) is 0.619. The molecule has 0 radical (unpaired) electrons. The molecule has 2 aliphatic rings. The van der Waals surface area contributed by atoms with Crippen LogP contribution >= 0.6 is 0 Å². The summed E-state index contributed by atoms with van der Waals surface area (Å²) in [4.78, 5) is 0. The minimum absolute atomic E-state index is 0.619. The molecule has 0 nitrogen and oxygen atoms in total. The van der Waals surface area contributed by atoms with Crippen molar-refractivity contribution in [2.45, 2.75) is 85.0 Å². The summed E-state index contributed by atoms with van der Waals surface area (Å²) >= 11 is 0. The summed E-state index contributed by atoms with van der Waals surface area (Å²) in [7, 11) is 0. The van der Waals surface area contributed by atoms with Crippen molar-refractivity contribution in [3.63, 3.8) is 0 Å². The molecule has 0 aromatic carbocycles. The SMILES string of the molecule is CCC1CCCC(C(C)(C)C2CCCCC2)C1. The van der Waals surface area contributed by atoms with Gasteiger partial charge in [0.15, 0.2) is 0 Å². The van der Waals surface area contributed by atoms with E-state index >= 15 is 0 Å². The van der Waals surface area contributed by atoms with Crippen LogP contribution in [0.1, 0.15) is 85.0 Å². The van der Waals surface area contributed by atoms with E-state index in [1.165, 1.54) is 64.2 Å². The van der Waals surface area contributed by atoms with Crippen molar-refractivity contribution >= 4 is 0 Å². The molecule has 2 atom stereocenters. The Morgan fingerprint density at radius 2 is 1.47 bits per heavy atom. The molecule has 0 aromatic heterocycles. The second kappa shape index (κ2) is 5.76. The molecule has 17 heavy (non-hydrogen) atoms. The van der Waals surface area contributed by atoms with E-state index in [0.717, 1.165) is 17.8 Å². The van der Waals surface area contributed by atoms with E-state index in [-0.39, 0.29) is 0 Å². The molecule has 2 aliphatic carbocycles. The highest BCUT2D eigenvalue weighted by Crippen LogP contribution is 2.49. The molecule has 100 valence electrons. The molecule has 0 heteroatoms. The van der Waals surface area contributed by atoms with Crippen molar-refractivity contribution in [1.29, 1.82) is 0 Å². The van der Waals surface area contributed by atoms with Gasteiger partial charge in [0, 0.05) is 0 Å². The van der Waals surface area contributed by atoms with Crippen LogP contribution in [0.2, 0.25) is 0 Å². The van der Waals surface area contributed by atoms with Gasteiger partial charge in [0.1, 0.15) is 0 Å². The quantitative estimate of drug-likeness (QED) is 0.580. The predicted octanol–water partition coefficient (Wildman–Crippen LogP) is 5.81. The van der Waals surface area contributed by atoms with Gasteiger partial charge in [-0.1, -0.05) is 59.3 Å². The highest BCUT2D eigenvalue weighted by Gasteiger charge is 2.39. The molecule has 2 saturated carbocycles. The third-order valence-corrected chi connectivity index (χ3v) is 6.07. The maximum atomic E-state index is 2.59. The average Bonchev–Trinajstić information content (AvgIpc) is 2.40. The lowest BCUT2D eigenvalue weighted by molar-refractivity contribution is 0.0425. The lowest BCUT2D eigenvalue weighted by Gasteiger charge is -2.46. The maximum Gasteiger partial charge on any atom is -0.0297 e. The molecule has 2 unspecified atom stereocenters. The van der Waals surface area contributed by atoms with Crippen molar-refractivity contribution in [1.82, 2.24) is 0 Å². The van der Waals surface area contributed by atoms with Crippen LogP contribution in [0.25, 0.3) is 0 Å². The van der Waals surface area contributed by atoms with Crippen molar-refractivity contribution in [2.75, 3.05) is 0 Å². The zero-order chi connectivity index (χ0) is 12.3. The van der Waals surface area contributed by atoms with E-state index in [1.807, 2.05) is 0 Å². The second-order valence-corrected chi connectivity index (χ2v) is 7.29. The smallest absolute Gasteiger partial charge is 0.0297 e. The van der Waals surface area contributed by atoms with Crippen LogP contribution in [-0.4, -0.2) is 0 Å². The van der Waals surface area contributed by atoms with Gasteiger partial charge in [-0.2, -0.15) is 0 Å². The van der Waals surface area contributed by atoms with E-state index in [0.29, 0.717) is 5.41 Å². The van der Waals surface area contributed by atoms with Gasteiger partial charge in [-0.25, -0.2) is 0 Å². The topological polar surface area (TPSA) is 0 Å². The summed E-state index contributed by atoms with van der Waals surface area (Å²) < 4.78 is 0. The molecule has 2 rings (SSSR count). The van der Waals surface area contributed by atoms with Crippen LogP contribution in [0, 0.1) is 23.2 Å². The fourth-order valence-corrected chi connectivity index (χ4v) is 4.52. The Labute approximate surface area is 109 Å². The van der Waals surface area contributed by atoms with Gasteiger partial charge in [0.2, 0.25) is 0 Å². The summed E-state index contributed by atoms with van der Waals surface area (Å²) in [5.74, 6) is 3.08. The van der Waals surface area contributed by atoms with Crippen LogP contribution in [0.5, 0.6) is 0 Å². The standard InChI is InChI=1S/C17H32/c1-4-14-9-8-12-16(13-14)17(2,3)15-10-6-5-7-11-15/h14-16H,4-13H2,1-3H3. The summed E-state index contributed by atoms with van der Waals surface area (Å²) in [6.07, 6.45) is 15.0. The van der Waals surface area contributed by atoms with Gasteiger partial charge in [-0.3, -0.25) is 0 Å². The third kappa shape index (κ3) is 3.06. The molecule has 2 fully saturated rings. The van der Waals surface area contributed by atoms with Crippen LogP contribution in [0.15, 0.2) is 0 Å². The van der Waals surface area contributed by atoms with E-state index in [2.05, 4.69) is 20.8 Å². The average molecular weight is 236 g/mol. The first kappa shape index (κ1) is 13.4. The van der Waals surface area contributed by atoms with E-state index in [9.17, 15) is 0 Å². The molecular weight excluding hydrogens is 204 g/mol. The van der Waals surface area contributed by atoms with Gasteiger partial charge in [-0.05, 0) is 48.9 Å². The second-order valence-electron chi connectivity index (χ2n) is 7.29. The molecule has 0 heterocycles. The van der Waals surface area contributed by atoms with Gasteiger partial charge < -0.3 is 0 Å². The molecule has 0 N–H and O–H groups in total. The minimum atomic E-state index is 0.619. The predicted molar refractivity (Wildman–Crippen MR) is 76.1 cm³/mol. The monoisotopic (exact) mass is 236 g/mol. The Balaban J connectivity index is 1.97. The Morgan fingerprint density at radius 1 is 0.824 bits per heavy atom. The largest absolute Gasteiger partial charge is 0.0651 e. The first-order valence-corrected chi connectivity index (χ1v) is 8.14. The van der Waals surface area contributed by atoms with E-state index in [1.54, 1.807) is 0 Å². The number of rotatable bonds is 3. The van der Waals surface area contributed by atoms with Gasteiger partial charge in [-0.15, -0.1) is 0 Å². The van der Waals surface area contributed by atoms with E-state index < -0.39 is 0 Å². The van der Waals surface area contributed by atoms with Crippen molar-refractivity contribution in [3.05, 3.63) is 0 Å². The fourth-order valence-electron chi connectivity index (χ4n) is 4.52. The summed E-state index contributed by atoms with van der Waals surface area (Å²) in [5, 5.41) is 0. The highest BCUT2D eigenvalue weighted by atomic mass is 14.4. The lowest BCUT2D eigenvalue weighted by Crippen LogP contribution is -2.36. The Bertz CT molecular complexity index is 222. The van der Waals surface area contributed by atoms with Gasteiger partial charge >= 0.3 is 0 Å². The van der Waals surface area contributed by atoms with Gasteiger partial charge in [0.25, 0.3) is 0 Å². The van der Waals surface area contributed by atoms with Crippen LogP contribution in [0.3, 0.4) is 0 Å². The molecule has 0 spiro atoms. The fraction of sp³-hybridized carbons (Fsp3) is 1.00. The summed E-state index contributed by atoms with van der Waals surface area (Å²) in [6, 6.07) is 0. The maximum absolute atomic E-state index is 2.59. The third-order valence-electron chi connectivity index (χ3n) is 6.07. The molecule has 0 bridgehead atoms. The molecule has 0 aliphatic heterocycles.